The zero-order chi connectivity index (χ0) is 75.8. The van der Waals surface area contributed by atoms with Gasteiger partial charge in [0.25, 0.3) is 0 Å². The number of aliphatic hydroxyl groups is 4. The number of Topliss-reactive ketones (excluding diaryl/α,β-unsaturated/α-hetero) is 1. The van der Waals surface area contributed by atoms with Crippen molar-refractivity contribution in [3.63, 3.8) is 0 Å². The quantitative estimate of drug-likeness (QED) is 0.0242. The van der Waals surface area contributed by atoms with Crippen LogP contribution in [0.4, 0.5) is 0 Å². The van der Waals surface area contributed by atoms with Crippen molar-refractivity contribution in [2.75, 3.05) is 48.6 Å². The van der Waals surface area contributed by atoms with E-state index in [4.69, 9.17) is 48.4 Å². The number of phenolic OH excluding ortho intramolecular Hbond substituents is 1. The molecule has 1 unspecified atom stereocenters. The first-order chi connectivity index (χ1) is 47.8. The van der Waals surface area contributed by atoms with Crippen molar-refractivity contribution < 1.29 is 147 Å². The molecule has 5 aliphatic heterocycles. The second kappa shape index (κ2) is 40.3. The molecule has 0 radical (unpaired) electrons. The van der Waals surface area contributed by atoms with Gasteiger partial charge >= 0.3 is 41.5 Å². The first-order valence-corrected chi connectivity index (χ1v) is 36.8. The van der Waals surface area contributed by atoms with Crippen molar-refractivity contribution >= 4 is 63.1 Å². The smallest absolute Gasteiger partial charge is 0.508 e. The second-order valence-corrected chi connectivity index (χ2v) is 32.0. The minimum absolute atomic E-state index is 0. The number of nitrogens with two attached hydrogens (primary N) is 1. The number of hydrogen-bond acceptors (Lipinski definition) is 25. The number of methoxy groups -OCH3 is 3. The summed E-state index contributed by atoms with van der Waals surface area (Å²) in [5.74, 6) is -5.39. The zero-order valence-corrected chi connectivity index (χ0v) is 68.0. The van der Waals surface area contributed by atoms with E-state index in [9.17, 15) is 58.8 Å². The summed E-state index contributed by atoms with van der Waals surface area (Å²) < 4.78 is 66.6. The fourth-order valence-electron chi connectivity index (χ4n) is 14.2. The number of aliphatic carboxylic acids is 1. The molecule has 15 N–H and O–H groups in total. The minimum atomic E-state index is -1.96. The molecule has 4 aromatic rings. The first-order valence-electron chi connectivity index (χ1n) is 34.6. The Morgan fingerprint density at radius 2 is 1.51 bits per heavy atom. The fraction of sp³-hybridized carbons (Fsp3) is 0.681. The third kappa shape index (κ3) is 21.8. The van der Waals surface area contributed by atoms with Gasteiger partial charge in [-0.05, 0) is 130 Å². The maximum absolute atomic E-state index is 14.2. The van der Waals surface area contributed by atoms with Crippen LogP contribution in [0.3, 0.4) is 0 Å². The average Bonchev–Trinajstić information content (AvgIpc) is 1.55. The summed E-state index contributed by atoms with van der Waals surface area (Å²) in [5, 5.41) is 66.8. The van der Waals surface area contributed by atoms with E-state index >= 15 is 0 Å². The van der Waals surface area contributed by atoms with Crippen molar-refractivity contribution in [2.45, 2.75) is 246 Å². The molecule has 9 rings (SSSR count). The Balaban J connectivity index is 0.000000450. The Kier molecular flexibility index (Phi) is 36.2. The number of aliphatic hydroxyl groups excluding tert-OH is 3. The van der Waals surface area contributed by atoms with Gasteiger partial charge in [0.15, 0.2) is 12.6 Å². The number of pyridine rings is 1. The van der Waals surface area contributed by atoms with Crippen LogP contribution in [0, 0.1) is 30.6 Å². The molecule has 0 aliphatic carbocycles. The summed E-state index contributed by atoms with van der Waals surface area (Å²) in [6.45, 7) is 23.7. The zero-order valence-electron chi connectivity index (χ0n) is 64.3. The summed E-state index contributed by atoms with van der Waals surface area (Å²) in [6.07, 6.45) is -6.24. The number of amides is 2. The number of carboxylic acid groups (broad SMARTS) is 1. The van der Waals surface area contributed by atoms with Gasteiger partial charge in [0, 0.05) is 86.2 Å². The van der Waals surface area contributed by atoms with E-state index < -0.39 is 159 Å². The number of fused-ring (bicyclic) bond motifs is 2. The Bertz CT molecular complexity index is 3500. The summed E-state index contributed by atoms with van der Waals surface area (Å²) in [5.41, 5.74) is 5.30. The molecule has 2 aromatic heterocycles. The number of hydrogen-bond donors (Lipinski definition) is 8. The molecule has 2 aromatic carbocycles. The van der Waals surface area contributed by atoms with Crippen LogP contribution in [0.25, 0.3) is 11.0 Å². The molecular formula is C72H114N7NaO24S2. The predicted octanol–water partition coefficient (Wildman–Crippen LogP) is -0.388. The molecule has 106 heavy (non-hydrogen) atoms. The predicted molar refractivity (Wildman–Crippen MR) is 389 cm³/mol. The molecule has 5 aliphatic rings. The Labute approximate surface area is 649 Å². The summed E-state index contributed by atoms with van der Waals surface area (Å²) in [4.78, 5) is 80.6. The molecule has 5 fully saturated rings. The third-order valence-corrected chi connectivity index (χ3v) is 23.3. The minimum Gasteiger partial charge on any atom is -0.508 e. The molecule has 0 spiro atoms. The van der Waals surface area contributed by atoms with Crippen LogP contribution in [0.1, 0.15) is 138 Å². The molecule has 7 heterocycles. The Hall–Kier alpha value is -4.93. The van der Waals surface area contributed by atoms with Crippen LogP contribution in [0.15, 0.2) is 66.0 Å². The van der Waals surface area contributed by atoms with Gasteiger partial charge in [0.05, 0.1) is 76.5 Å². The number of phenols is 1. The number of nitrogens with zero attached hydrogens (tertiary/aromatic N) is 5. The number of carbonyl (C=O) groups is 5. The van der Waals surface area contributed by atoms with Gasteiger partial charge in [-0.2, -0.15) is 0 Å². The number of thioether (sulfide) groups is 1. The molecule has 2 amide bonds. The van der Waals surface area contributed by atoms with Crippen LogP contribution in [0.2, 0.25) is 0 Å². The van der Waals surface area contributed by atoms with Crippen molar-refractivity contribution in [2.24, 2.45) is 29.4 Å². The SMILES string of the molecule is CC1(C)S[C@@H]2[C@H](NC(=O)[C@H](N)c3ccc(O)cc3)C(=O)N2[C@H]1C(=O)O.CC[C@H]1OC(=O)[C@H](C)[C@@H](O[C@H]2C[C@@](C)(OC)[C@@H](O)[C@H](C)O2)[C@H](C)[C@@H](O[C@@H]2O[C@H](C)C[C@H](N(C)C)[C@H]2O)[C@](C)(OC)C[C@@H](C)C(=O)[C@H](C)[C@@H](O)[C@]1(C)O.COCCCOc1ccnc(CS(=O)c2nc3ccccc3[n-]2)c1C.O.O.O.[Na+]. The largest absolute Gasteiger partial charge is 1.00 e. The number of ketones is 1. The van der Waals surface area contributed by atoms with Crippen molar-refractivity contribution in [1.29, 1.82) is 0 Å². The molecule has 23 atom stereocenters. The van der Waals surface area contributed by atoms with Gasteiger partial charge in [0.2, 0.25) is 11.8 Å². The van der Waals surface area contributed by atoms with Crippen LogP contribution in [0.5, 0.6) is 11.5 Å². The Morgan fingerprint density at radius 1 is 0.877 bits per heavy atom. The number of para-hydroxylation sites is 2. The standard InChI is InChI=1S/C38H69NO13.C18H20N3O3S.C16H19N3O5S.Na.3H2O/c1-15-26-38(10,45)31(42)21(4)28(40)19(2)17-37(9,47-14)33(52-35-29(41)25(39(11)12)16-20(3)48-35)22(5)30(23(6)34(44)50-26)51-27-18-36(8,46-13)32(43)24(7)49-27;1-13-16(19-9-8-17(13)24-11-5-10-23-2)12-25(22)18-20-14-6-3-4-7-15(14)21-18;1-16(2)11(15(23)24)19-13(22)10(14(19)25-16)18-12(21)9(17)7-3-5-8(20)6-4-7;;;;/h19-27,29-33,35,41-43,45H,15-18H2,1-14H3;3-4,6-9H,5,10-12H2,1-2H3;3-6,9-11,14,20H,17H2,1-2H3,(H,18,21)(H,23,24);;3*1H2/q;-1;;+1;;;/t19-,20-,21+,22+,23-,24+,25+,26-,27+,29-,30+,31-,32+,33-,35+,36-,37-,38-;;9-,10-,11+,14-;;;;/m1.1..../s1. The first kappa shape index (κ1) is 95.3. The number of cyclic esters (lactones) is 1. The second-order valence-electron chi connectivity index (χ2n) is 28.8. The number of ether oxygens (including phenoxy) is 9. The van der Waals surface area contributed by atoms with E-state index in [0.29, 0.717) is 30.4 Å². The fourth-order valence-corrected chi connectivity index (χ4v) is 16.9. The van der Waals surface area contributed by atoms with Crippen LogP contribution in [-0.4, -0.2) is 256 Å². The number of aromatic hydroxyl groups is 1. The number of aromatic nitrogens is 3. The van der Waals surface area contributed by atoms with Gasteiger partial charge in [-0.1, -0.05) is 64.1 Å². The third-order valence-electron chi connectivity index (χ3n) is 20.6. The van der Waals surface area contributed by atoms with E-state index in [1.54, 1.807) is 75.6 Å². The molecule has 594 valence electrons. The number of imidazole rings is 1. The number of β-lactam (4-membered cyclic amide) rings is 1. The maximum atomic E-state index is 14.2. The van der Waals surface area contributed by atoms with Gasteiger partial charge in [-0.3, -0.25) is 28.4 Å². The number of carbonyl (C=O) groups excluding carboxylic acids is 4. The van der Waals surface area contributed by atoms with E-state index in [-0.39, 0.29) is 94.7 Å². The Morgan fingerprint density at radius 3 is 2.09 bits per heavy atom. The number of benzene rings is 2. The number of carboxylic acids is 1. The maximum Gasteiger partial charge on any atom is 1.00 e. The summed E-state index contributed by atoms with van der Waals surface area (Å²) >= 11 is 1.35. The molecular weight excluding hydrogens is 1430 g/mol. The van der Waals surface area contributed by atoms with Gasteiger partial charge in [0.1, 0.15) is 64.7 Å². The van der Waals surface area contributed by atoms with E-state index in [2.05, 4.69) is 20.3 Å². The number of likely N-dealkylation sites (N-methyl/N-ethyl adjacent to an activating group) is 1. The van der Waals surface area contributed by atoms with E-state index in [0.717, 1.165) is 34.5 Å². The molecule has 31 nitrogen and oxygen atoms in total. The van der Waals surface area contributed by atoms with E-state index in [1.165, 1.54) is 62.1 Å². The average molecular weight is 1550 g/mol. The summed E-state index contributed by atoms with van der Waals surface area (Å²) in [6, 6.07) is 12.2. The van der Waals surface area contributed by atoms with Crippen molar-refractivity contribution in [3.8, 4) is 11.5 Å². The van der Waals surface area contributed by atoms with Gasteiger partial charge < -0.3 is 121 Å². The van der Waals surface area contributed by atoms with Gasteiger partial charge in [-0.25, -0.2) is 4.79 Å². The molecule has 0 bridgehead atoms. The molecule has 34 heteroatoms. The van der Waals surface area contributed by atoms with Crippen LogP contribution in [-0.2, 0) is 78.4 Å². The molecule has 0 saturated carbocycles. The van der Waals surface area contributed by atoms with Crippen molar-refractivity contribution in [3.05, 3.63) is 77.6 Å². The number of esters is 1. The topological polar surface area (TPSA) is 486 Å². The van der Waals surface area contributed by atoms with E-state index in [1.807, 2.05) is 70.1 Å². The van der Waals surface area contributed by atoms with Gasteiger partial charge in [-0.15, -0.1) is 11.8 Å². The normalized spacial score (nSPS) is 33.6. The number of rotatable bonds is 20. The molecule has 5 saturated heterocycles. The van der Waals surface area contributed by atoms with Crippen LogP contribution >= 0.6 is 11.8 Å². The number of nitrogens with one attached hydrogen (secondary N) is 1. The monoisotopic (exact) mass is 1550 g/mol. The van der Waals surface area contributed by atoms with Crippen molar-refractivity contribution in [1.82, 2.24) is 30.1 Å². The summed E-state index contributed by atoms with van der Waals surface area (Å²) in [7, 11) is 7.08. The van der Waals surface area contributed by atoms with Crippen LogP contribution < -0.4 is 50.3 Å².